The molecule has 0 aliphatic carbocycles. The lowest BCUT2D eigenvalue weighted by Gasteiger charge is -2.16. The highest BCUT2D eigenvalue weighted by molar-refractivity contribution is 7.99. The Bertz CT molecular complexity index is 1190. The van der Waals surface area contributed by atoms with E-state index in [1.807, 2.05) is 0 Å². The van der Waals surface area contributed by atoms with Crippen LogP contribution in [0.3, 0.4) is 0 Å². The maximum Gasteiger partial charge on any atom is 0.253 e. The molecule has 1 heterocycles. The SMILES string of the molecule is C=CCn1c(SCC(=O)Nc2ccccc2F)nnc1C(C)NC(=O)c1ccc(Cl)cc1Cl. The Labute approximate surface area is 204 Å². The summed E-state index contributed by atoms with van der Waals surface area (Å²) in [4.78, 5) is 24.9. The molecule has 11 heteroatoms. The van der Waals surface area contributed by atoms with Gasteiger partial charge >= 0.3 is 0 Å². The monoisotopic (exact) mass is 507 g/mol. The smallest absolute Gasteiger partial charge is 0.253 e. The van der Waals surface area contributed by atoms with Gasteiger partial charge in [0.25, 0.3) is 5.91 Å². The molecular weight excluding hydrogens is 488 g/mol. The van der Waals surface area contributed by atoms with Crippen LogP contribution in [0, 0.1) is 5.82 Å². The fourth-order valence-corrected chi connectivity index (χ4v) is 4.17. The van der Waals surface area contributed by atoms with E-state index in [0.29, 0.717) is 22.5 Å². The van der Waals surface area contributed by atoms with Crippen LogP contribution in [-0.4, -0.2) is 32.3 Å². The van der Waals surface area contributed by atoms with Gasteiger partial charge in [-0.3, -0.25) is 9.59 Å². The van der Waals surface area contributed by atoms with Crippen molar-refractivity contribution in [2.24, 2.45) is 0 Å². The van der Waals surface area contributed by atoms with Crippen molar-refractivity contribution in [1.29, 1.82) is 0 Å². The summed E-state index contributed by atoms with van der Waals surface area (Å²) in [5.41, 5.74) is 0.385. The average molecular weight is 508 g/mol. The Hall–Kier alpha value is -2.88. The van der Waals surface area contributed by atoms with E-state index in [9.17, 15) is 14.0 Å². The minimum atomic E-state index is -0.515. The topological polar surface area (TPSA) is 88.9 Å². The van der Waals surface area contributed by atoms with E-state index in [0.717, 1.165) is 11.8 Å². The number of carbonyl (C=O) groups is 2. The Balaban J connectivity index is 1.69. The van der Waals surface area contributed by atoms with Gasteiger partial charge in [0.2, 0.25) is 5.91 Å². The second kappa shape index (κ2) is 11.3. The van der Waals surface area contributed by atoms with E-state index in [1.165, 1.54) is 24.3 Å². The molecule has 0 aliphatic heterocycles. The van der Waals surface area contributed by atoms with Crippen LogP contribution in [0.5, 0.6) is 0 Å². The highest BCUT2D eigenvalue weighted by Gasteiger charge is 2.21. The maximum atomic E-state index is 13.7. The molecule has 3 aromatic rings. The Morgan fingerprint density at radius 3 is 2.70 bits per heavy atom. The Kier molecular flexibility index (Phi) is 8.49. The number of nitrogens with zero attached hydrogens (tertiary/aromatic N) is 3. The minimum Gasteiger partial charge on any atom is -0.342 e. The lowest BCUT2D eigenvalue weighted by atomic mass is 10.2. The zero-order valence-corrected chi connectivity index (χ0v) is 19.8. The third-order valence-corrected chi connectivity index (χ3v) is 5.96. The van der Waals surface area contributed by atoms with Gasteiger partial charge in [-0.15, -0.1) is 16.8 Å². The summed E-state index contributed by atoms with van der Waals surface area (Å²) in [5.74, 6) is -0.831. The molecule has 2 N–H and O–H groups in total. The number of benzene rings is 2. The van der Waals surface area contributed by atoms with Crippen LogP contribution < -0.4 is 10.6 Å². The highest BCUT2D eigenvalue weighted by atomic mass is 35.5. The van der Waals surface area contributed by atoms with E-state index in [4.69, 9.17) is 23.2 Å². The third-order valence-electron chi connectivity index (χ3n) is 4.45. The van der Waals surface area contributed by atoms with Gasteiger partial charge in [-0.1, -0.05) is 53.2 Å². The molecule has 172 valence electrons. The van der Waals surface area contributed by atoms with Crippen LogP contribution in [0.4, 0.5) is 10.1 Å². The molecule has 0 radical (unpaired) electrons. The van der Waals surface area contributed by atoms with Crippen molar-refractivity contribution in [1.82, 2.24) is 20.1 Å². The van der Waals surface area contributed by atoms with Gasteiger partial charge in [-0.25, -0.2) is 4.39 Å². The van der Waals surface area contributed by atoms with Crippen LogP contribution in [0.1, 0.15) is 29.1 Å². The fraction of sp³-hybridized carbons (Fsp3) is 0.182. The van der Waals surface area contributed by atoms with Gasteiger partial charge in [0.05, 0.1) is 28.1 Å². The molecule has 33 heavy (non-hydrogen) atoms. The molecule has 0 spiro atoms. The average Bonchev–Trinajstić information content (AvgIpc) is 3.17. The number of nitrogens with one attached hydrogen (secondary N) is 2. The second-order valence-corrected chi connectivity index (χ2v) is 8.66. The highest BCUT2D eigenvalue weighted by Crippen LogP contribution is 2.24. The molecule has 1 atom stereocenters. The standard InChI is InChI=1S/C22H20Cl2FN5O2S/c1-3-10-30-20(13(2)26-21(32)15-9-8-14(23)11-16(15)24)28-29-22(30)33-12-19(31)27-18-7-5-4-6-17(18)25/h3-9,11,13H,1,10,12H2,2H3,(H,26,32)(H,27,31). The number of hydrogen-bond donors (Lipinski definition) is 2. The molecule has 0 bridgehead atoms. The molecule has 1 unspecified atom stereocenters. The summed E-state index contributed by atoms with van der Waals surface area (Å²) in [7, 11) is 0. The quantitative estimate of drug-likeness (QED) is 0.309. The number of amides is 2. The molecule has 2 amide bonds. The zero-order valence-electron chi connectivity index (χ0n) is 17.5. The van der Waals surface area contributed by atoms with E-state index in [-0.39, 0.29) is 22.0 Å². The minimum absolute atomic E-state index is 0.00919. The number of rotatable bonds is 9. The summed E-state index contributed by atoms with van der Waals surface area (Å²) in [6.07, 6.45) is 1.65. The number of hydrogen-bond acceptors (Lipinski definition) is 5. The zero-order chi connectivity index (χ0) is 24.0. The first-order valence-electron chi connectivity index (χ1n) is 9.77. The first kappa shape index (κ1) is 24.8. The van der Waals surface area contributed by atoms with Crippen molar-refractivity contribution in [3.8, 4) is 0 Å². The van der Waals surface area contributed by atoms with Crippen molar-refractivity contribution >= 4 is 52.5 Å². The predicted molar refractivity (Wildman–Crippen MR) is 128 cm³/mol. The van der Waals surface area contributed by atoms with Crippen molar-refractivity contribution < 1.29 is 14.0 Å². The number of anilines is 1. The van der Waals surface area contributed by atoms with E-state index in [1.54, 1.807) is 35.8 Å². The molecule has 1 aromatic heterocycles. The summed E-state index contributed by atoms with van der Waals surface area (Å²) in [6.45, 7) is 5.86. The summed E-state index contributed by atoms with van der Waals surface area (Å²) >= 11 is 13.1. The van der Waals surface area contributed by atoms with Gasteiger partial charge in [0, 0.05) is 11.6 Å². The number of carbonyl (C=O) groups excluding carboxylic acids is 2. The van der Waals surface area contributed by atoms with Crippen molar-refractivity contribution in [3.05, 3.63) is 82.4 Å². The fourth-order valence-electron chi connectivity index (χ4n) is 2.92. The van der Waals surface area contributed by atoms with Gasteiger partial charge in [0.15, 0.2) is 11.0 Å². The Morgan fingerprint density at radius 1 is 1.24 bits per heavy atom. The molecule has 0 aliphatic rings. The van der Waals surface area contributed by atoms with Gasteiger partial charge < -0.3 is 15.2 Å². The van der Waals surface area contributed by atoms with Crippen LogP contribution in [0.25, 0.3) is 0 Å². The van der Waals surface area contributed by atoms with Gasteiger partial charge in [-0.05, 0) is 37.3 Å². The second-order valence-electron chi connectivity index (χ2n) is 6.88. The molecule has 2 aromatic carbocycles. The van der Waals surface area contributed by atoms with Gasteiger partial charge in [0.1, 0.15) is 5.82 Å². The number of aromatic nitrogens is 3. The predicted octanol–water partition coefficient (Wildman–Crippen LogP) is 5.13. The maximum absolute atomic E-state index is 13.7. The number of para-hydroxylation sites is 1. The van der Waals surface area contributed by atoms with Crippen LogP contribution >= 0.6 is 35.0 Å². The molecule has 0 saturated heterocycles. The molecule has 0 saturated carbocycles. The van der Waals surface area contributed by atoms with Crippen molar-refractivity contribution in [2.75, 3.05) is 11.1 Å². The lowest BCUT2D eigenvalue weighted by Crippen LogP contribution is -2.29. The van der Waals surface area contributed by atoms with Crippen LogP contribution in [-0.2, 0) is 11.3 Å². The summed E-state index contributed by atoms with van der Waals surface area (Å²) in [6, 6.07) is 10.0. The number of halogens is 3. The summed E-state index contributed by atoms with van der Waals surface area (Å²) in [5, 5.41) is 14.8. The van der Waals surface area contributed by atoms with Crippen LogP contribution in [0.2, 0.25) is 10.0 Å². The van der Waals surface area contributed by atoms with Gasteiger partial charge in [-0.2, -0.15) is 0 Å². The third kappa shape index (κ3) is 6.34. The molecule has 3 rings (SSSR count). The molecule has 0 fully saturated rings. The summed E-state index contributed by atoms with van der Waals surface area (Å²) < 4.78 is 15.5. The first-order valence-corrected chi connectivity index (χ1v) is 11.5. The van der Waals surface area contributed by atoms with Crippen molar-refractivity contribution in [3.63, 3.8) is 0 Å². The number of allylic oxidation sites excluding steroid dienone is 1. The first-order chi connectivity index (χ1) is 15.8. The molecular formula is C22H20Cl2FN5O2S. The van der Waals surface area contributed by atoms with Crippen molar-refractivity contribution in [2.45, 2.75) is 24.7 Å². The largest absolute Gasteiger partial charge is 0.342 e. The normalized spacial score (nSPS) is 11.6. The van der Waals surface area contributed by atoms with Crippen LogP contribution in [0.15, 0.2) is 60.3 Å². The lowest BCUT2D eigenvalue weighted by molar-refractivity contribution is -0.113. The van der Waals surface area contributed by atoms with E-state index < -0.39 is 23.7 Å². The number of thioether (sulfide) groups is 1. The Morgan fingerprint density at radius 2 is 2.00 bits per heavy atom. The molecule has 7 nitrogen and oxygen atoms in total. The van der Waals surface area contributed by atoms with E-state index in [2.05, 4.69) is 27.4 Å². The van der Waals surface area contributed by atoms with E-state index >= 15 is 0 Å².